The van der Waals surface area contributed by atoms with Gasteiger partial charge in [-0.25, -0.2) is 9.97 Å². The molecule has 178 valence electrons. The van der Waals surface area contributed by atoms with Crippen LogP contribution in [0.2, 0.25) is 0 Å². The van der Waals surface area contributed by atoms with Gasteiger partial charge in [0.2, 0.25) is 11.9 Å². The van der Waals surface area contributed by atoms with E-state index in [9.17, 15) is 4.79 Å². The summed E-state index contributed by atoms with van der Waals surface area (Å²) in [5, 5.41) is 6.73. The Balaban J connectivity index is 1.36. The van der Waals surface area contributed by atoms with Crippen molar-refractivity contribution in [2.75, 3.05) is 77.5 Å². The summed E-state index contributed by atoms with van der Waals surface area (Å²) in [4.78, 5) is 32.1. The van der Waals surface area contributed by atoms with Crippen LogP contribution in [0.5, 0.6) is 0 Å². The van der Waals surface area contributed by atoms with Gasteiger partial charge < -0.3 is 25.2 Å². The first-order valence-electron chi connectivity index (χ1n) is 11.6. The molecule has 0 radical (unpaired) electrons. The lowest BCUT2D eigenvalue weighted by molar-refractivity contribution is -0.131. The summed E-state index contributed by atoms with van der Waals surface area (Å²) >= 11 is 0. The van der Waals surface area contributed by atoms with Crippen LogP contribution in [0.15, 0.2) is 23.5 Å². The van der Waals surface area contributed by atoms with Crippen LogP contribution >= 0.6 is 0 Å². The van der Waals surface area contributed by atoms with Crippen LogP contribution in [0, 0.1) is 5.92 Å². The maximum absolute atomic E-state index is 12.6. The summed E-state index contributed by atoms with van der Waals surface area (Å²) in [5.74, 6) is 2.16. The number of carbonyl (C=O) groups is 1. The SMILES string of the molecule is CN=C(NCCC(=O)N1CCN(c2ncccn2)CC1)NCC(C(C)C)N1CCOCC1. The van der Waals surface area contributed by atoms with Crippen LogP contribution in [-0.4, -0.2) is 110 Å². The highest BCUT2D eigenvalue weighted by Crippen LogP contribution is 2.12. The third-order valence-corrected chi connectivity index (χ3v) is 6.09. The molecule has 0 spiro atoms. The topological polar surface area (TPSA) is 98.2 Å². The maximum Gasteiger partial charge on any atom is 0.225 e. The molecule has 0 bridgehead atoms. The number of guanidine groups is 1. The summed E-state index contributed by atoms with van der Waals surface area (Å²) in [6.45, 7) is 12.3. The van der Waals surface area contributed by atoms with Gasteiger partial charge in [0.15, 0.2) is 5.96 Å². The first-order valence-corrected chi connectivity index (χ1v) is 11.6. The van der Waals surface area contributed by atoms with Gasteiger partial charge in [-0.05, 0) is 12.0 Å². The van der Waals surface area contributed by atoms with Crippen molar-refractivity contribution >= 4 is 17.8 Å². The predicted octanol–water partition coefficient (Wildman–Crippen LogP) is 0.0371. The van der Waals surface area contributed by atoms with Crippen molar-refractivity contribution in [3.63, 3.8) is 0 Å². The van der Waals surface area contributed by atoms with Crippen LogP contribution < -0.4 is 15.5 Å². The Labute approximate surface area is 191 Å². The summed E-state index contributed by atoms with van der Waals surface area (Å²) < 4.78 is 5.49. The highest BCUT2D eigenvalue weighted by molar-refractivity contribution is 5.81. The lowest BCUT2D eigenvalue weighted by Crippen LogP contribution is -2.53. The van der Waals surface area contributed by atoms with Gasteiger partial charge in [0.05, 0.1) is 13.2 Å². The molecule has 2 saturated heterocycles. The van der Waals surface area contributed by atoms with E-state index < -0.39 is 0 Å². The maximum atomic E-state index is 12.6. The van der Waals surface area contributed by atoms with E-state index >= 15 is 0 Å². The molecule has 1 aromatic rings. The molecule has 1 atom stereocenters. The molecule has 1 amide bonds. The molecule has 3 rings (SSSR count). The Kier molecular flexibility index (Phi) is 9.48. The summed E-state index contributed by atoms with van der Waals surface area (Å²) in [6.07, 6.45) is 3.94. The van der Waals surface area contributed by atoms with Gasteiger partial charge >= 0.3 is 0 Å². The number of rotatable bonds is 8. The van der Waals surface area contributed by atoms with E-state index in [0.717, 1.165) is 57.8 Å². The minimum atomic E-state index is 0.162. The molecule has 3 heterocycles. The molecular weight excluding hydrogens is 408 g/mol. The van der Waals surface area contributed by atoms with E-state index in [1.807, 2.05) is 11.0 Å². The lowest BCUT2D eigenvalue weighted by Gasteiger charge is -2.37. The summed E-state index contributed by atoms with van der Waals surface area (Å²) in [7, 11) is 1.77. The number of nitrogens with zero attached hydrogens (tertiary/aromatic N) is 6. The number of hydrogen-bond acceptors (Lipinski definition) is 7. The highest BCUT2D eigenvalue weighted by atomic mass is 16.5. The molecular formula is C22H38N8O2. The molecule has 1 unspecified atom stereocenters. The first-order chi connectivity index (χ1) is 15.6. The van der Waals surface area contributed by atoms with E-state index in [1.165, 1.54) is 0 Å². The van der Waals surface area contributed by atoms with Crippen LogP contribution in [0.1, 0.15) is 20.3 Å². The molecule has 32 heavy (non-hydrogen) atoms. The molecule has 0 aromatic carbocycles. The second kappa shape index (κ2) is 12.5. The van der Waals surface area contributed by atoms with Crippen molar-refractivity contribution in [3.05, 3.63) is 18.5 Å². The Bertz CT molecular complexity index is 716. The van der Waals surface area contributed by atoms with Crippen molar-refractivity contribution in [3.8, 4) is 0 Å². The van der Waals surface area contributed by atoms with Crippen LogP contribution in [0.25, 0.3) is 0 Å². The fraction of sp³-hybridized carbons (Fsp3) is 0.727. The Hall–Kier alpha value is -2.46. The molecule has 2 N–H and O–H groups in total. The molecule has 2 aliphatic heterocycles. The number of ether oxygens (including phenoxy) is 1. The Morgan fingerprint density at radius 1 is 1.09 bits per heavy atom. The van der Waals surface area contributed by atoms with E-state index in [0.29, 0.717) is 38.0 Å². The zero-order valence-electron chi connectivity index (χ0n) is 19.7. The van der Waals surface area contributed by atoms with Gasteiger partial charge in [0, 0.05) is 84.3 Å². The number of carbonyl (C=O) groups excluding carboxylic acids is 1. The van der Waals surface area contributed by atoms with Crippen LogP contribution in [0.4, 0.5) is 5.95 Å². The molecule has 0 aliphatic carbocycles. The fourth-order valence-corrected chi connectivity index (χ4v) is 4.17. The van der Waals surface area contributed by atoms with Gasteiger partial charge in [-0.15, -0.1) is 0 Å². The average Bonchev–Trinajstić information content (AvgIpc) is 2.84. The van der Waals surface area contributed by atoms with Crippen molar-refractivity contribution in [1.29, 1.82) is 0 Å². The minimum absolute atomic E-state index is 0.162. The second-order valence-corrected chi connectivity index (χ2v) is 8.51. The molecule has 10 heteroatoms. The van der Waals surface area contributed by atoms with E-state index in [-0.39, 0.29) is 5.91 Å². The molecule has 2 fully saturated rings. The number of morpholine rings is 1. The third kappa shape index (κ3) is 7.03. The number of amides is 1. The zero-order valence-corrected chi connectivity index (χ0v) is 19.7. The van der Waals surface area contributed by atoms with E-state index in [2.05, 4.69) is 49.2 Å². The van der Waals surface area contributed by atoms with Crippen molar-refractivity contribution in [2.24, 2.45) is 10.9 Å². The van der Waals surface area contributed by atoms with Gasteiger partial charge in [0.25, 0.3) is 0 Å². The Morgan fingerprint density at radius 2 is 1.78 bits per heavy atom. The third-order valence-electron chi connectivity index (χ3n) is 6.09. The van der Waals surface area contributed by atoms with E-state index in [4.69, 9.17) is 4.74 Å². The number of nitrogens with one attached hydrogen (secondary N) is 2. The van der Waals surface area contributed by atoms with Gasteiger partial charge in [0.1, 0.15) is 0 Å². The average molecular weight is 447 g/mol. The highest BCUT2D eigenvalue weighted by Gasteiger charge is 2.24. The Morgan fingerprint density at radius 3 is 2.41 bits per heavy atom. The van der Waals surface area contributed by atoms with Gasteiger partial charge in [-0.2, -0.15) is 0 Å². The second-order valence-electron chi connectivity index (χ2n) is 8.51. The number of piperazine rings is 1. The molecule has 0 saturated carbocycles. The number of hydrogen-bond donors (Lipinski definition) is 2. The predicted molar refractivity (Wildman–Crippen MR) is 126 cm³/mol. The summed E-state index contributed by atoms with van der Waals surface area (Å²) in [6, 6.07) is 2.23. The zero-order chi connectivity index (χ0) is 22.8. The number of aromatic nitrogens is 2. The largest absolute Gasteiger partial charge is 0.379 e. The molecule has 2 aliphatic rings. The number of aliphatic imine (C=N–C) groups is 1. The lowest BCUT2D eigenvalue weighted by atomic mass is 10.0. The smallest absolute Gasteiger partial charge is 0.225 e. The quantitative estimate of drug-likeness (QED) is 0.427. The van der Waals surface area contributed by atoms with Crippen molar-refractivity contribution < 1.29 is 9.53 Å². The first kappa shape index (κ1) is 24.2. The minimum Gasteiger partial charge on any atom is -0.379 e. The van der Waals surface area contributed by atoms with Gasteiger partial charge in [-0.3, -0.25) is 14.7 Å². The molecule has 1 aromatic heterocycles. The van der Waals surface area contributed by atoms with Crippen LogP contribution in [0.3, 0.4) is 0 Å². The van der Waals surface area contributed by atoms with E-state index in [1.54, 1.807) is 19.4 Å². The normalized spacial score (nSPS) is 19.2. The van der Waals surface area contributed by atoms with Crippen LogP contribution in [-0.2, 0) is 9.53 Å². The van der Waals surface area contributed by atoms with Crippen molar-refractivity contribution in [1.82, 2.24) is 30.4 Å². The van der Waals surface area contributed by atoms with Crippen molar-refractivity contribution in [2.45, 2.75) is 26.3 Å². The summed E-state index contributed by atoms with van der Waals surface area (Å²) in [5.41, 5.74) is 0. The van der Waals surface area contributed by atoms with Gasteiger partial charge in [-0.1, -0.05) is 13.8 Å². The number of anilines is 1. The standard InChI is InChI=1S/C22H38N8O2/c1-18(2)19(28-13-15-32-16-14-28)17-27-21(23-3)24-8-5-20(31)29-9-11-30(12-10-29)22-25-6-4-7-26-22/h4,6-7,18-19H,5,8-17H2,1-3H3,(H2,23,24,27). The fourth-order valence-electron chi connectivity index (χ4n) is 4.17. The monoisotopic (exact) mass is 446 g/mol. The molecule has 10 nitrogen and oxygen atoms in total.